The highest BCUT2D eigenvalue weighted by molar-refractivity contribution is 5.88. The number of hydrogen-bond donors (Lipinski definition) is 0. The molecule has 0 spiro atoms. The average molecular weight is 312 g/mol. The van der Waals surface area contributed by atoms with E-state index in [0.717, 1.165) is 18.2 Å². The van der Waals surface area contributed by atoms with Crippen LogP contribution in [0.2, 0.25) is 0 Å². The maximum absolute atomic E-state index is 12.9. The summed E-state index contributed by atoms with van der Waals surface area (Å²) in [4.78, 5) is 5.75. The molecular formula is C15H15F3N2O2. The normalized spacial score (nSPS) is 19.8. The Morgan fingerprint density at radius 2 is 2.05 bits per heavy atom. The van der Waals surface area contributed by atoms with Crippen molar-refractivity contribution in [3.8, 4) is 5.75 Å². The van der Waals surface area contributed by atoms with Crippen molar-refractivity contribution >= 4 is 10.9 Å². The Balaban J connectivity index is 2.20. The largest absolute Gasteiger partial charge is 0.494 e. The average Bonchev–Trinajstić information content (AvgIpc) is 2.90. The van der Waals surface area contributed by atoms with Crippen molar-refractivity contribution in [2.45, 2.75) is 12.4 Å². The highest BCUT2D eigenvalue weighted by Gasteiger charge is 2.33. The Hall–Kier alpha value is -1.86. The first kappa shape index (κ1) is 15.1. The first-order chi connectivity index (χ1) is 10.4. The molecule has 4 nitrogen and oxygen atoms in total. The second kappa shape index (κ2) is 5.40. The molecule has 0 saturated carbocycles. The van der Waals surface area contributed by atoms with E-state index in [2.05, 4.69) is 4.98 Å². The van der Waals surface area contributed by atoms with E-state index in [9.17, 15) is 13.2 Å². The molecule has 0 bridgehead atoms. The number of rotatable bonds is 2. The lowest BCUT2D eigenvalue weighted by Gasteiger charge is -2.21. The van der Waals surface area contributed by atoms with E-state index in [-0.39, 0.29) is 11.7 Å². The molecule has 0 N–H and O–H groups in total. The number of aromatic nitrogens is 1. The van der Waals surface area contributed by atoms with E-state index in [1.807, 2.05) is 18.0 Å². The summed E-state index contributed by atoms with van der Waals surface area (Å²) in [5.41, 5.74) is 0.0481. The molecule has 118 valence electrons. The lowest BCUT2D eigenvalue weighted by atomic mass is 10.1. The first-order valence-corrected chi connectivity index (χ1v) is 6.78. The summed E-state index contributed by atoms with van der Waals surface area (Å²) in [6.45, 7) is 1.36. The number of benzene rings is 1. The van der Waals surface area contributed by atoms with Crippen LogP contribution >= 0.6 is 0 Å². The van der Waals surface area contributed by atoms with Gasteiger partial charge in [-0.3, -0.25) is 4.90 Å². The predicted octanol–water partition coefficient (Wildman–Crippen LogP) is 3.22. The van der Waals surface area contributed by atoms with Gasteiger partial charge >= 0.3 is 6.18 Å². The number of pyridine rings is 1. The molecule has 1 aromatic carbocycles. The third kappa shape index (κ3) is 2.50. The first-order valence-electron chi connectivity index (χ1n) is 6.78. The van der Waals surface area contributed by atoms with Crippen molar-refractivity contribution in [3.63, 3.8) is 0 Å². The molecule has 3 rings (SSSR count). The van der Waals surface area contributed by atoms with Crippen LogP contribution in [-0.4, -0.2) is 37.2 Å². The Morgan fingerprint density at radius 1 is 1.27 bits per heavy atom. The molecule has 1 aromatic heterocycles. The fourth-order valence-corrected chi connectivity index (χ4v) is 2.63. The molecule has 22 heavy (non-hydrogen) atoms. The van der Waals surface area contributed by atoms with Crippen molar-refractivity contribution in [1.29, 1.82) is 0 Å². The molecule has 2 aromatic rings. The van der Waals surface area contributed by atoms with Crippen molar-refractivity contribution in [2.24, 2.45) is 0 Å². The number of fused-ring (bicyclic) bond motifs is 1. The molecule has 0 radical (unpaired) electrons. The van der Waals surface area contributed by atoms with E-state index < -0.39 is 11.9 Å². The highest BCUT2D eigenvalue weighted by Crippen LogP contribution is 2.37. The Labute approximate surface area is 125 Å². The summed E-state index contributed by atoms with van der Waals surface area (Å²) in [5.74, 6) is 0.311. The van der Waals surface area contributed by atoms with Crippen molar-refractivity contribution in [2.75, 3.05) is 27.3 Å². The SMILES string of the molecule is COc1ccc(C2OCCN2C)c2ccc(C(F)(F)F)nc12. The maximum atomic E-state index is 12.9. The number of hydrogen-bond acceptors (Lipinski definition) is 4. The van der Waals surface area contributed by atoms with Gasteiger partial charge in [-0.05, 0) is 19.2 Å². The van der Waals surface area contributed by atoms with Crippen molar-refractivity contribution < 1.29 is 22.6 Å². The highest BCUT2D eigenvalue weighted by atomic mass is 19.4. The Bertz CT molecular complexity index is 703. The molecule has 1 aliphatic rings. The quantitative estimate of drug-likeness (QED) is 0.853. The number of halogens is 3. The summed E-state index contributed by atoms with van der Waals surface area (Å²) < 4.78 is 49.5. The van der Waals surface area contributed by atoms with Crippen LogP contribution in [0.15, 0.2) is 24.3 Å². The zero-order valence-corrected chi connectivity index (χ0v) is 12.1. The summed E-state index contributed by atoms with van der Waals surface area (Å²) in [5, 5.41) is 0.603. The van der Waals surface area contributed by atoms with E-state index >= 15 is 0 Å². The summed E-state index contributed by atoms with van der Waals surface area (Å²) in [6, 6.07) is 5.85. The van der Waals surface area contributed by atoms with Gasteiger partial charge in [0.1, 0.15) is 23.2 Å². The zero-order chi connectivity index (χ0) is 15.9. The fraction of sp³-hybridized carbons (Fsp3) is 0.400. The minimum absolute atomic E-state index is 0.193. The van der Waals surface area contributed by atoms with Crippen LogP contribution in [0.1, 0.15) is 17.5 Å². The standard InChI is InChI=1S/C15H15F3N2O2/c1-20-7-8-22-14(20)10-3-5-11(21-2)13-9(10)4-6-12(19-13)15(16,17)18/h3-6,14H,7-8H2,1-2H3. The second-order valence-corrected chi connectivity index (χ2v) is 5.15. The Morgan fingerprint density at radius 3 is 2.64 bits per heavy atom. The van der Waals surface area contributed by atoms with Crippen molar-refractivity contribution in [1.82, 2.24) is 9.88 Å². The molecule has 1 unspecified atom stereocenters. The van der Waals surface area contributed by atoms with Gasteiger partial charge in [0, 0.05) is 17.5 Å². The summed E-state index contributed by atoms with van der Waals surface area (Å²) in [6.07, 6.45) is -4.78. The molecule has 2 heterocycles. The van der Waals surface area contributed by atoms with Crippen LogP contribution in [0.3, 0.4) is 0 Å². The van der Waals surface area contributed by atoms with E-state index in [0.29, 0.717) is 17.7 Å². The van der Waals surface area contributed by atoms with Crippen LogP contribution < -0.4 is 4.74 Å². The van der Waals surface area contributed by atoms with Crippen LogP contribution in [0.4, 0.5) is 13.2 Å². The maximum Gasteiger partial charge on any atom is 0.433 e. The van der Waals surface area contributed by atoms with E-state index in [1.54, 1.807) is 6.07 Å². The molecule has 1 atom stereocenters. The number of likely N-dealkylation sites (N-methyl/N-ethyl adjacent to an activating group) is 1. The molecule has 1 aliphatic heterocycles. The minimum Gasteiger partial charge on any atom is -0.494 e. The van der Waals surface area contributed by atoms with Gasteiger partial charge in [-0.15, -0.1) is 0 Å². The monoisotopic (exact) mass is 312 g/mol. The van der Waals surface area contributed by atoms with Crippen LogP contribution in [0.25, 0.3) is 10.9 Å². The van der Waals surface area contributed by atoms with Gasteiger partial charge in [0.05, 0.1) is 13.7 Å². The predicted molar refractivity (Wildman–Crippen MR) is 74.6 cm³/mol. The molecular weight excluding hydrogens is 297 g/mol. The molecule has 1 saturated heterocycles. The summed E-state index contributed by atoms with van der Waals surface area (Å²) in [7, 11) is 3.32. The minimum atomic E-state index is -4.49. The topological polar surface area (TPSA) is 34.6 Å². The number of alkyl halides is 3. The van der Waals surface area contributed by atoms with Gasteiger partial charge in [-0.2, -0.15) is 13.2 Å². The molecule has 0 amide bonds. The Kier molecular flexibility index (Phi) is 3.70. The van der Waals surface area contributed by atoms with Gasteiger partial charge in [-0.1, -0.05) is 12.1 Å². The van der Waals surface area contributed by atoms with Crippen LogP contribution in [-0.2, 0) is 10.9 Å². The number of methoxy groups -OCH3 is 1. The summed E-state index contributed by atoms with van der Waals surface area (Å²) >= 11 is 0. The van der Waals surface area contributed by atoms with Crippen molar-refractivity contribution in [3.05, 3.63) is 35.5 Å². The van der Waals surface area contributed by atoms with Gasteiger partial charge in [0.2, 0.25) is 0 Å². The van der Waals surface area contributed by atoms with E-state index in [4.69, 9.17) is 9.47 Å². The smallest absolute Gasteiger partial charge is 0.433 e. The van der Waals surface area contributed by atoms with Gasteiger partial charge < -0.3 is 9.47 Å². The van der Waals surface area contributed by atoms with Crippen LogP contribution in [0, 0.1) is 0 Å². The molecule has 0 aliphatic carbocycles. The number of nitrogens with zero attached hydrogens (tertiary/aromatic N) is 2. The van der Waals surface area contributed by atoms with E-state index in [1.165, 1.54) is 13.2 Å². The third-order valence-electron chi connectivity index (χ3n) is 3.75. The lowest BCUT2D eigenvalue weighted by Crippen LogP contribution is -2.18. The van der Waals surface area contributed by atoms with Crippen LogP contribution in [0.5, 0.6) is 5.75 Å². The lowest BCUT2D eigenvalue weighted by molar-refractivity contribution is -0.140. The number of ether oxygens (including phenoxy) is 2. The zero-order valence-electron chi connectivity index (χ0n) is 12.1. The second-order valence-electron chi connectivity index (χ2n) is 5.15. The fourth-order valence-electron chi connectivity index (χ4n) is 2.63. The third-order valence-corrected chi connectivity index (χ3v) is 3.75. The van der Waals surface area contributed by atoms with Gasteiger partial charge in [0.25, 0.3) is 0 Å². The molecule has 7 heteroatoms. The van der Waals surface area contributed by atoms with Gasteiger partial charge in [-0.25, -0.2) is 4.98 Å². The molecule has 1 fully saturated rings. The van der Waals surface area contributed by atoms with Gasteiger partial charge in [0.15, 0.2) is 0 Å².